The molecule has 0 saturated heterocycles. The minimum atomic E-state index is 0.124. The van der Waals surface area contributed by atoms with Crippen LogP contribution in [0.3, 0.4) is 0 Å². The molecular weight excluding hydrogens is 200 g/mol. The molecule has 0 radical (unpaired) electrons. The molecule has 0 saturated carbocycles. The molecule has 0 amide bonds. The Kier molecular flexibility index (Phi) is 1.72. The number of hydrogen-bond acceptors (Lipinski definition) is 2. The maximum Gasteiger partial charge on any atom is 0.119 e. The second kappa shape index (κ2) is 2.82. The Morgan fingerprint density at radius 1 is 1.06 bits per heavy atom. The van der Waals surface area contributed by atoms with Crippen LogP contribution in [0.25, 0.3) is 0 Å². The smallest absolute Gasteiger partial charge is 0.119 e. The molecule has 2 atom stereocenters. The highest BCUT2D eigenvalue weighted by Gasteiger charge is 2.52. The molecule has 2 aliphatic rings. The summed E-state index contributed by atoms with van der Waals surface area (Å²) in [5.74, 6) is 1.16. The van der Waals surface area contributed by atoms with Crippen molar-refractivity contribution in [2.75, 3.05) is 0 Å². The number of aromatic hydroxyl groups is 2. The lowest BCUT2D eigenvalue weighted by atomic mass is 9.75. The first-order valence-corrected chi connectivity index (χ1v) is 5.82. The lowest BCUT2D eigenvalue weighted by Crippen LogP contribution is -2.19. The van der Waals surface area contributed by atoms with Gasteiger partial charge in [0.15, 0.2) is 0 Å². The fraction of sp³-hybridized carbons (Fsp3) is 0.429. The molecule has 0 fully saturated rings. The largest absolute Gasteiger partial charge is 0.508 e. The van der Waals surface area contributed by atoms with Crippen LogP contribution >= 0.6 is 0 Å². The third-order valence-electron chi connectivity index (χ3n) is 4.54. The summed E-state index contributed by atoms with van der Waals surface area (Å²) in [6.07, 6.45) is 5.40. The molecule has 2 nitrogen and oxygen atoms in total. The first kappa shape index (κ1) is 9.76. The van der Waals surface area contributed by atoms with Crippen LogP contribution < -0.4 is 0 Å². The van der Waals surface area contributed by atoms with E-state index in [2.05, 4.69) is 26.0 Å². The lowest BCUT2D eigenvalue weighted by molar-refractivity contribution is 0.286. The molecule has 1 aromatic rings. The molecule has 2 N–H and O–H groups in total. The van der Waals surface area contributed by atoms with Crippen molar-refractivity contribution < 1.29 is 10.2 Å². The summed E-state index contributed by atoms with van der Waals surface area (Å²) in [7, 11) is 0. The number of fused-ring (bicyclic) bond motifs is 5. The summed E-state index contributed by atoms with van der Waals surface area (Å²) in [5, 5.41) is 19.9. The van der Waals surface area contributed by atoms with E-state index < -0.39 is 0 Å². The lowest BCUT2D eigenvalue weighted by Gasteiger charge is -2.28. The van der Waals surface area contributed by atoms with Gasteiger partial charge in [0.25, 0.3) is 0 Å². The average Bonchev–Trinajstić information content (AvgIpc) is 2.74. The second-order valence-corrected chi connectivity index (χ2v) is 5.13. The highest BCUT2D eigenvalue weighted by molar-refractivity contribution is 5.62. The molecule has 2 aliphatic carbocycles. The van der Waals surface area contributed by atoms with Crippen LogP contribution in [0.4, 0.5) is 0 Å². The van der Waals surface area contributed by atoms with E-state index in [0.717, 1.165) is 17.5 Å². The van der Waals surface area contributed by atoms with Gasteiger partial charge < -0.3 is 10.2 Å². The summed E-state index contributed by atoms with van der Waals surface area (Å²) in [6.45, 7) is 4.41. The van der Waals surface area contributed by atoms with Crippen LogP contribution in [0.2, 0.25) is 0 Å². The SMILES string of the molecule is CCC1(C)C2C=CC1c1c(O)ccc(O)c12. The monoisotopic (exact) mass is 216 g/mol. The molecule has 1 aromatic carbocycles. The van der Waals surface area contributed by atoms with E-state index in [4.69, 9.17) is 0 Å². The fourth-order valence-electron chi connectivity index (χ4n) is 3.41. The first-order chi connectivity index (χ1) is 7.59. The third kappa shape index (κ3) is 0.885. The van der Waals surface area contributed by atoms with Crippen molar-refractivity contribution in [3.8, 4) is 11.5 Å². The number of hydrogen-bond donors (Lipinski definition) is 2. The van der Waals surface area contributed by atoms with Crippen LogP contribution in [0.5, 0.6) is 11.5 Å². The van der Waals surface area contributed by atoms with Crippen LogP contribution in [0, 0.1) is 5.41 Å². The van der Waals surface area contributed by atoms with Gasteiger partial charge in [-0.3, -0.25) is 0 Å². The van der Waals surface area contributed by atoms with Gasteiger partial charge in [0, 0.05) is 23.0 Å². The van der Waals surface area contributed by atoms with Gasteiger partial charge in [-0.1, -0.05) is 26.0 Å². The van der Waals surface area contributed by atoms with E-state index in [-0.39, 0.29) is 17.3 Å². The van der Waals surface area contributed by atoms with E-state index in [0.29, 0.717) is 11.5 Å². The van der Waals surface area contributed by atoms with Crippen molar-refractivity contribution in [3.63, 3.8) is 0 Å². The average molecular weight is 216 g/mol. The molecular formula is C14H16O2. The molecule has 16 heavy (non-hydrogen) atoms. The van der Waals surface area contributed by atoms with Gasteiger partial charge in [0.05, 0.1) is 0 Å². The van der Waals surface area contributed by atoms with Crippen molar-refractivity contribution in [2.24, 2.45) is 5.41 Å². The van der Waals surface area contributed by atoms with Crippen molar-refractivity contribution in [3.05, 3.63) is 35.4 Å². The minimum Gasteiger partial charge on any atom is -0.508 e. The van der Waals surface area contributed by atoms with E-state index in [1.54, 1.807) is 12.1 Å². The molecule has 2 unspecified atom stereocenters. The summed E-state index contributed by atoms with van der Waals surface area (Å²) < 4.78 is 0. The molecule has 84 valence electrons. The van der Waals surface area contributed by atoms with Crippen LogP contribution in [0.15, 0.2) is 24.3 Å². The van der Waals surface area contributed by atoms with Gasteiger partial charge in [-0.05, 0) is 24.0 Å². The summed E-state index contributed by atoms with van der Waals surface area (Å²) in [6, 6.07) is 3.19. The normalized spacial score (nSPS) is 34.4. The van der Waals surface area contributed by atoms with Gasteiger partial charge in [-0.2, -0.15) is 0 Å². The molecule has 2 heteroatoms. The fourth-order valence-corrected chi connectivity index (χ4v) is 3.41. The van der Waals surface area contributed by atoms with Gasteiger partial charge in [-0.15, -0.1) is 0 Å². The van der Waals surface area contributed by atoms with Crippen LogP contribution in [0.1, 0.15) is 43.2 Å². The second-order valence-electron chi connectivity index (χ2n) is 5.13. The number of phenols is 2. The number of benzene rings is 1. The summed E-state index contributed by atoms with van der Waals surface area (Å²) >= 11 is 0. The minimum absolute atomic E-state index is 0.124. The van der Waals surface area contributed by atoms with Crippen LogP contribution in [-0.2, 0) is 0 Å². The Labute approximate surface area is 95.2 Å². The molecule has 3 rings (SSSR count). The zero-order chi connectivity index (χ0) is 11.5. The first-order valence-electron chi connectivity index (χ1n) is 5.82. The maximum atomic E-state index is 9.96. The van der Waals surface area contributed by atoms with E-state index in [1.807, 2.05) is 0 Å². The molecule has 2 bridgehead atoms. The Hall–Kier alpha value is -1.44. The van der Waals surface area contributed by atoms with Gasteiger partial charge in [-0.25, -0.2) is 0 Å². The predicted octanol–water partition coefficient (Wildman–Crippen LogP) is 3.26. The van der Waals surface area contributed by atoms with E-state index >= 15 is 0 Å². The Morgan fingerprint density at radius 2 is 1.50 bits per heavy atom. The van der Waals surface area contributed by atoms with Crippen molar-refractivity contribution in [1.82, 2.24) is 0 Å². The maximum absolute atomic E-state index is 9.96. The topological polar surface area (TPSA) is 40.5 Å². The van der Waals surface area contributed by atoms with E-state index in [1.165, 1.54) is 0 Å². The molecule has 0 aliphatic heterocycles. The summed E-state index contributed by atoms with van der Waals surface area (Å²) in [5.41, 5.74) is 2.01. The molecule has 0 aromatic heterocycles. The van der Waals surface area contributed by atoms with Crippen molar-refractivity contribution >= 4 is 0 Å². The third-order valence-corrected chi connectivity index (χ3v) is 4.54. The highest BCUT2D eigenvalue weighted by Crippen LogP contribution is 2.65. The van der Waals surface area contributed by atoms with Gasteiger partial charge >= 0.3 is 0 Å². The molecule has 0 heterocycles. The zero-order valence-electron chi connectivity index (χ0n) is 9.57. The zero-order valence-corrected chi connectivity index (χ0v) is 9.57. The Bertz CT molecular complexity index is 449. The van der Waals surface area contributed by atoms with Crippen molar-refractivity contribution in [1.29, 1.82) is 0 Å². The van der Waals surface area contributed by atoms with E-state index in [9.17, 15) is 10.2 Å². The quantitative estimate of drug-likeness (QED) is 0.558. The highest BCUT2D eigenvalue weighted by atomic mass is 16.3. The Morgan fingerprint density at radius 3 is 1.88 bits per heavy atom. The standard InChI is InChI=1S/C14H16O2/c1-3-14(2)8-4-5-9(14)13-11(16)7-6-10(15)12(8)13/h4-9,15-16H,3H2,1-2H3. The van der Waals surface area contributed by atoms with Crippen LogP contribution in [-0.4, -0.2) is 10.2 Å². The summed E-state index contributed by atoms with van der Waals surface area (Å²) in [4.78, 5) is 0. The number of phenolic OH excluding ortho intramolecular Hbond substituents is 2. The predicted molar refractivity (Wildman–Crippen MR) is 62.8 cm³/mol. The van der Waals surface area contributed by atoms with Gasteiger partial charge in [0.1, 0.15) is 11.5 Å². The van der Waals surface area contributed by atoms with Crippen molar-refractivity contribution in [2.45, 2.75) is 32.1 Å². The Balaban J connectivity index is 2.28. The molecule has 0 spiro atoms. The number of allylic oxidation sites excluding steroid dienone is 2. The number of rotatable bonds is 1. The van der Waals surface area contributed by atoms with Gasteiger partial charge in [0.2, 0.25) is 0 Å².